The Morgan fingerprint density at radius 1 is 1.33 bits per heavy atom. The molecule has 0 spiro atoms. The van der Waals surface area contributed by atoms with E-state index in [2.05, 4.69) is 15.5 Å². The maximum atomic E-state index is 12.4. The molecule has 2 aromatic heterocycles. The number of carbonyl (C=O) groups is 1. The van der Waals surface area contributed by atoms with Crippen molar-refractivity contribution in [2.45, 2.75) is 18.0 Å². The lowest BCUT2D eigenvalue weighted by molar-refractivity contribution is -0.118. The zero-order chi connectivity index (χ0) is 16.7. The van der Waals surface area contributed by atoms with Gasteiger partial charge in [-0.25, -0.2) is 0 Å². The molecule has 8 heteroatoms. The third-order valence-electron chi connectivity index (χ3n) is 4.21. The number of thioether (sulfide) groups is 1. The molecule has 0 atom stereocenters. The highest BCUT2D eigenvalue weighted by molar-refractivity contribution is 7.99. The molecule has 1 N–H and O–H groups in total. The van der Waals surface area contributed by atoms with Crippen molar-refractivity contribution in [2.24, 2.45) is 13.0 Å². The zero-order valence-corrected chi connectivity index (χ0v) is 14.0. The largest absolute Gasteiger partial charge is 0.355 e. The van der Waals surface area contributed by atoms with Crippen LogP contribution in [0.4, 0.5) is 0 Å². The van der Waals surface area contributed by atoms with Crippen molar-refractivity contribution in [3.63, 3.8) is 0 Å². The van der Waals surface area contributed by atoms with Crippen molar-refractivity contribution in [2.75, 3.05) is 12.3 Å². The summed E-state index contributed by atoms with van der Waals surface area (Å²) in [4.78, 5) is 24.3. The van der Waals surface area contributed by atoms with E-state index in [9.17, 15) is 9.59 Å². The number of hydrogen-bond acceptors (Lipinski definition) is 5. The molecule has 2 heterocycles. The molecular weight excluding hydrogens is 326 g/mol. The Labute approximate surface area is 142 Å². The molecule has 1 aliphatic carbocycles. The first-order chi connectivity index (χ1) is 11.6. The second-order valence-corrected chi connectivity index (χ2v) is 6.98. The van der Waals surface area contributed by atoms with E-state index in [4.69, 9.17) is 0 Å². The zero-order valence-electron chi connectivity index (χ0n) is 13.2. The van der Waals surface area contributed by atoms with Crippen molar-refractivity contribution in [3.05, 3.63) is 34.6 Å². The van der Waals surface area contributed by atoms with Crippen molar-refractivity contribution >= 4 is 34.3 Å². The first-order valence-electron chi connectivity index (χ1n) is 7.87. The van der Waals surface area contributed by atoms with Gasteiger partial charge in [-0.1, -0.05) is 23.9 Å². The van der Waals surface area contributed by atoms with Crippen LogP contribution in [0, 0.1) is 5.92 Å². The van der Waals surface area contributed by atoms with Crippen molar-refractivity contribution in [3.8, 4) is 0 Å². The number of hydrogen-bond donors (Lipinski definition) is 1. The number of aromatic nitrogens is 4. The molecule has 0 unspecified atom stereocenters. The predicted octanol–water partition coefficient (Wildman–Crippen LogP) is 1.20. The number of rotatable bonds is 5. The standard InChI is InChI=1S/C16H17N5O2S/c1-20-14(23)11-4-2-3-5-12(11)21-15(20)18-19-16(21)24-9-13(22)17-8-10-6-7-10/h2-5,10H,6-9H2,1H3,(H,17,22). The van der Waals surface area contributed by atoms with Crippen LogP contribution in [0.15, 0.2) is 34.2 Å². The molecule has 3 aromatic rings. The minimum atomic E-state index is -0.107. The van der Waals surface area contributed by atoms with E-state index < -0.39 is 0 Å². The average Bonchev–Trinajstić information content (AvgIpc) is 3.33. The lowest BCUT2D eigenvalue weighted by atomic mass is 10.2. The third kappa shape index (κ3) is 2.66. The van der Waals surface area contributed by atoms with E-state index in [1.807, 2.05) is 22.6 Å². The van der Waals surface area contributed by atoms with Gasteiger partial charge >= 0.3 is 0 Å². The summed E-state index contributed by atoms with van der Waals surface area (Å²) >= 11 is 1.33. The maximum absolute atomic E-state index is 12.4. The first kappa shape index (κ1) is 15.2. The monoisotopic (exact) mass is 343 g/mol. The van der Waals surface area contributed by atoms with Crippen LogP contribution in [0.2, 0.25) is 0 Å². The van der Waals surface area contributed by atoms with Gasteiger partial charge in [-0.05, 0) is 30.9 Å². The summed E-state index contributed by atoms with van der Waals surface area (Å²) in [6, 6.07) is 7.36. The van der Waals surface area contributed by atoms with Gasteiger partial charge in [-0.3, -0.25) is 18.6 Å². The number of para-hydroxylation sites is 1. The summed E-state index contributed by atoms with van der Waals surface area (Å²) in [5, 5.41) is 12.4. The van der Waals surface area contributed by atoms with Crippen LogP contribution < -0.4 is 10.9 Å². The number of benzene rings is 1. The molecular formula is C16H17N5O2S. The molecule has 0 radical (unpaired) electrons. The van der Waals surface area contributed by atoms with Crippen LogP contribution in [0.25, 0.3) is 16.7 Å². The molecule has 7 nitrogen and oxygen atoms in total. The van der Waals surface area contributed by atoms with Gasteiger partial charge in [0.25, 0.3) is 5.56 Å². The van der Waals surface area contributed by atoms with Gasteiger partial charge in [0.1, 0.15) is 0 Å². The lowest BCUT2D eigenvalue weighted by Crippen LogP contribution is -2.27. The van der Waals surface area contributed by atoms with Gasteiger partial charge < -0.3 is 5.32 Å². The smallest absolute Gasteiger partial charge is 0.262 e. The molecule has 1 fully saturated rings. The summed E-state index contributed by atoms with van der Waals surface area (Å²) in [6.07, 6.45) is 2.42. The Morgan fingerprint density at radius 2 is 2.12 bits per heavy atom. The highest BCUT2D eigenvalue weighted by atomic mass is 32.2. The van der Waals surface area contributed by atoms with E-state index in [1.54, 1.807) is 13.1 Å². The molecule has 1 aliphatic rings. The number of fused-ring (bicyclic) bond motifs is 3. The van der Waals surface area contributed by atoms with Gasteiger partial charge in [0.15, 0.2) is 5.16 Å². The minimum Gasteiger partial charge on any atom is -0.355 e. The Balaban J connectivity index is 1.66. The Kier molecular flexibility index (Phi) is 3.76. The molecule has 0 aliphatic heterocycles. The van der Waals surface area contributed by atoms with E-state index in [0.717, 1.165) is 12.1 Å². The highest BCUT2D eigenvalue weighted by Gasteiger charge is 2.22. The number of carbonyl (C=O) groups excluding carboxylic acids is 1. The molecule has 0 bridgehead atoms. The Bertz CT molecular complexity index is 989. The number of amides is 1. The highest BCUT2D eigenvalue weighted by Crippen LogP contribution is 2.27. The number of aryl methyl sites for hydroxylation is 1. The summed E-state index contributed by atoms with van der Waals surface area (Å²) in [5.74, 6) is 1.41. The molecule has 4 rings (SSSR count). The predicted molar refractivity (Wildman–Crippen MR) is 92.2 cm³/mol. The second-order valence-electron chi connectivity index (χ2n) is 6.04. The summed E-state index contributed by atoms with van der Waals surface area (Å²) < 4.78 is 3.31. The molecule has 124 valence electrons. The summed E-state index contributed by atoms with van der Waals surface area (Å²) in [5.41, 5.74) is 0.644. The van der Waals surface area contributed by atoms with Gasteiger partial charge in [-0.2, -0.15) is 0 Å². The van der Waals surface area contributed by atoms with Crippen LogP contribution in [-0.2, 0) is 11.8 Å². The molecule has 0 saturated heterocycles. The fraction of sp³-hybridized carbons (Fsp3) is 0.375. The normalized spacial score (nSPS) is 14.4. The topological polar surface area (TPSA) is 81.3 Å². The van der Waals surface area contributed by atoms with Gasteiger partial charge in [0, 0.05) is 13.6 Å². The quantitative estimate of drug-likeness (QED) is 0.704. The van der Waals surface area contributed by atoms with Crippen LogP contribution in [0.3, 0.4) is 0 Å². The number of nitrogens with one attached hydrogen (secondary N) is 1. The van der Waals surface area contributed by atoms with Crippen LogP contribution in [0.1, 0.15) is 12.8 Å². The molecule has 1 saturated carbocycles. The van der Waals surface area contributed by atoms with Crippen LogP contribution in [-0.4, -0.2) is 37.4 Å². The molecule has 1 aromatic carbocycles. The summed E-state index contributed by atoms with van der Waals surface area (Å²) in [6.45, 7) is 0.761. The molecule has 1 amide bonds. The Hall–Kier alpha value is -2.35. The third-order valence-corrected chi connectivity index (χ3v) is 5.14. The van der Waals surface area contributed by atoms with Crippen molar-refractivity contribution in [1.29, 1.82) is 0 Å². The number of nitrogens with zero attached hydrogens (tertiary/aromatic N) is 4. The lowest BCUT2D eigenvalue weighted by Gasteiger charge is -2.07. The van der Waals surface area contributed by atoms with Crippen LogP contribution >= 0.6 is 11.8 Å². The van der Waals surface area contributed by atoms with Crippen LogP contribution in [0.5, 0.6) is 0 Å². The molecule has 24 heavy (non-hydrogen) atoms. The fourth-order valence-electron chi connectivity index (χ4n) is 2.67. The van der Waals surface area contributed by atoms with E-state index >= 15 is 0 Å². The average molecular weight is 343 g/mol. The second kappa shape index (κ2) is 5.94. The minimum absolute atomic E-state index is 0.00206. The summed E-state index contributed by atoms with van der Waals surface area (Å²) in [7, 11) is 1.68. The van der Waals surface area contributed by atoms with Crippen molar-refractivity contribution in [1.82, 2.24) is 24.5 Å². The fourth-order valence-corrected chi connectivity index (χ4v) is 3.44. The Morgan fingerprint density at radius 3 is 2.92 bits per heavy atom. The van der Waals surface area contributed by atoms with Gasteiger partial charge in [0.05, 0.1) is 16.7 Å². The van der Waals surface area contributed by atoms with Crippen molar-refractivity contribution < 1.29 is 4.79 Å². The van der Waals surface area contributed by atoms with E-state index in [1.165, 1.54) is 29.2 Å². The van der Waals surface area contributed by atoms with E-state index in [0.29, 0.717) is 22.2 Å². The van der Waals surface area contributed by atoms with E-state index in [-0.39, 0.29) is 17.2 Å². The maximum Gasteiger partial charge on any atom is 0.262 e. The first-order valence-corrected chi connectivity index (χ1v) is 8.86. The SMILES string of the molecule is Cn1c(=O)c2ccccc2n2c(SCC(=O)NCC3CC3)nnc12. The van der Waals surface area contributed by atoms with Gasteiger partial charge in [-0.15, -0.1) is 10.2 Å². The van der Waals surface area contributed by atoms with Gasteiger partial charge in [0.2, 0.25) is 11.7 Å².